The molecule has 0 saturated carbocycles. The van der Waals surface area contributed by atoms with Crippen LogP contribution >= 0.6 is 0 Å². The van der Waals surface area contributed by atoms with Crippen LogP contribution in [0, 0.1) is 0 Å². The van der Waals surface area contributed by atoms with Gasteiger partial charge in [-0.15, -0.1) is 0 Å². The summed E-state index contributed by atoms with van der Waals surface area (Å²) in [4.78, 5) is 0. The van der Waals surface area contributed by atoms with E-state index in [4.69, 9.17) is 0 Å². The molecule has 0 N–H and O–H groups in total. The smallest absolute Gasteiger partial charge is 1.00 e. The second-order valence-corrected chi connectivity index (χ2v) is 11.5. The molecule has 2 aliphatic carbocycles. The summed E-state index contributed by atoms with van der Waals surface area (Å²) in [6.07, 6.45) is 16.2. The average Bonchev–Trinajstić information content (AvgIpc) is 2.75. The van der Waals surface area contributed by atoms with Crippen molar-refractivity contribution in [2.75, 3.05) is 0 Å². The number of hydrogen-bond donors (Lipinski definition) is 0. The molecule has 0 amide bonds. The largest absolute Gasteiger partial charge is 1.00 e. The number of rotatable bonds is 2. The Balaban J connectivity index is 0.00000112. The molecule has 0 saturated heterocycles. The molecule has 0 radical (unpaired) electrons. The second-order valence-electron chi connectivity index (χ2n) is 4.02. The van der Waals surface area contributed by atoms with Crippen molar-refractivity contribution in [3.63, 3.8) is 0 Å². The Kier molecular flexibility index (Phi) is 5.16. The van der Waals surface area contributed by atoms with Gasteiger partial charge in [0, 0.05) is 0 Å². The van der Waals surface area contributed by atoms with E-state index >= 15 is 0 Å². The Hall–Kier alpha value is 0.00312. The van der Waals surface area contributed by atoms with Crippen LogP contribution in [0.25, 0.3) is 0 Å². The van der Waals surface area contributed by atoms with Crippen LogP contribution < -0.4 is 12.4 Å². The van der Waals surface area contributed by atoms with Gasteiger partial charge in [-0.1, -0.05) is 0 Å². The first-order valence-corrected chi connectivity index (χ1v) is 8.87. The summed E-state index contributed by atoms with van der Waals surface area (Å²) < 4.78 is 5.21. The van der Waals surface area contributed by atoms with Gasteiger partial charge in [-0.2, -0.15) is 0 Å². The molecule has 0 aromatic carbocycles. The molecule has 0 nitrogen and oxygen atoms in total. The molecule has 0 unspecified atom stereocenters. The van der Waals surface area contributed by atoms with E-state index in [1.807, 2.05) is 0 Å². The van der Waals surface area contributed by atoms with Crippen molar-refractivity contribution >= 4 is 3.21 Å². The Morgan fingerprint density at radius 3 is 1.73 bits per heavy atom. The van der Waals surface area contributed by atoms with E-state index in [1.165, 1.54) is 12.8 Å². The van der Waals surface area contributed by atoms with Gasteiger partial charge in [0.2, 0.25) is 0 Å². The van der Waals surface area contributed by atoms with Crippen molar-refractivity contribution in [2.24, 2.45) is 0 Å². The van der Waals surface area contributed by atoms with Gasteiger partial charge in [-0.3, -0.25) is 0 Å². The van der Waals surface area contributed by atoms with E-state index in [2.05, 4.69) is 50.3 Å². The monoisotopic (exact) mass is 297 g/mol. The molecule has 2 rings (SSSR count). The molecule has 0 bridgehead atoms. The van der Waals surface area contributed by atoms with Gasteiger partial charge in [0.05, 0.1) is 0 Å². The molecular weight excluding hydrogens is 283 g/mol. The average molecular weight is 299 g/mol. The summed E-state index contributed by atoms with van der Waals surface area (Å²) in [5.74, 6) is 0. The van der Waals surface area contributed by atoms with Crippen LogP contribution in [0.3, 0.4) is 0 Å². The van der Waals surface area contributed by atoms with E-state index < -0.39 is 21.3 Å². The fourth-order valence-corrected chi connectivity index (χ4v) is 9.16. The summed E-state index contributed by atoms with van der Waals surface area (Å²) in [5.41, 5.74) is 0. The topological polar surface area (TPSA) is 0 Å². The second kappa shape index (κ2) is 5.92. The SMILES string of the molecule is C[C](C)=[Zr+]([C]1=CC=CC1)[C]1=CC=CC1.[Cl-]. The van der Waals surface area contributed by atoms with Gasteiger partial charge >= 0.3 is 94.2 Å². The fourth-order valence-electron chi connectivity index (χ4n) is 2.11. The van der Waals surface area contributed by atoms with E-state index in [1.54, 1.807) is 9.77 Å². The minimum atomic E-state index is -1.51. The van der Waals surface area contributed by atoms with E-state index in [0.717, 1.165) is 0 Å². The first-order chi connectivity index (χ1) is 6.79. The summed E-state index contributed by atoms with van der Waals surface area (Å²) in [7, 11) is 0. The molecule has 79 valence electrons. The Morgan fingerprint density at radius 2 is 1.47 bits per heavy atom. The Morgan fingerprint density at radius 1 is 1.00 bits per heavy atom. The number of hydrogen-bond acceptors (Lipinski definition) is 0. The summed E-state index contributed by atoms with van der Waals surface area (Å²) in [5, 5.41) is 0. The maximum absolute atomic E-state index is 2.36. The minimum Gasteiger partial charge on any atom is -1.00 e. The van der Waals surface area contributed by atoms with Crippen molar-refractivity contribution in [1.82, 2.24) is 0 Å². The predicted octanol–water partition coefficient (Wildman–Crippen LogP) is 0.508. The van der Waals surface area contributed by atoms with Crippen molar-refractivity contribution in [3.8, 4) is 0 Å². The van der Waals surface area contributed by atoms with Crippen LogP contribution in [-0.4, -0.2) is 3.21 Å². The number of halogens is 1. The van der Waals surface area contributed by atoms with Gasteiger partial charge in [0.15, 0.2) is 0 Å². The zero-order valence-electron chi connectivity index (χ0n) is 9.26. The van der Waals surface area contributed by atoms with Gasteiger partial charge in [0.25, 0.3) is 0 Å². The predicted molar refractivity (Wildman–Crippen MR) is 60.0 cm³/mol. The molecule has 15 heavy (non-hydrogen) atoms. The fraction of sp³-hybridized carbons (Fsp3) is 0.308. The maximum atomic E-state index is 2.36. The molecule has 0 fully saturated rings. The zero-order chi connectivity index (χ0) is 9.97. The van der Waals surface area contributed by atoms with Gasteiger partial charge in [-0.25, -0.2) is 0 Å². The molecule has 0 aromatic rings. The maximum Gasteiger partial charge on any atom is -1.00 e. The van der Waals surface area contributed by atoms with Crippen molar-refractivity contribution in [2.45, 2.75) is 26.7 Å². The zero-order valence-corrected chi connectivity index (χ0v) is 12.5. The molecule has 2 heteroatoms. The molecule has 0 aliphatic heterocycles. The Labute approximate surface area is 106 Å². The summed E-state index contributed by atoms with van der Waals surface area (Å²) in [6.45, 7) is 4.65. The minimum absolute atomic E-state index is 0. The van der Waals surface area contributed by atoms with Gasteiger partial charge in [0.1, 0.15) is 0 Å². The van der Waals surface area contributed by atoms with Crippen molar-refractivity contribution in [3.05, 3.63) is 43.0 Å². The molecular formula is C13H16ClZr. The van der Waals surface area contributed by atoms with Crippen LogP contribution in [0.4, 0.5) is 0 Å². The van der Waals surface area contributed by atoms with Crippen molar-refractivity contribution < 1.29 is 33.7 Å². The van der Waals surface area contributed by atoms with E-state index in [0.29, 0.717) is 0 Å². The summed E-state index contributed by atoms with van der Waals surface area (Å²) in [6, 6.07) is 0. The van der Waals surface area contributed by atoms with Crippen LogP contribution in [0.5, 0.6) is 0 Å². The van der Waals surface area contributed by atoms with Gasteiger partial charge < -0.3 is 12.4 Å². The van der Waals surface area contributed by atoms with Gasteiger partial charge in [-0.05, 0) is 0 Å². The standard InChI is InChI=1S/2C5H5.C3H6.ClH.Zr/c2*1-2-4-5-3-1;1-3-2;;/h2*1-3H,4H2;1-2H3;1H;/q;;;;+1/p-1. The molecule has 0 spiro atoms. The first-order valence-electron chi connectivity index (χ1n) is 5.18. The third-order valence-electron chi connectivity index (χ3n) is 2.68. The third kappa shape index (κ3) is 2.98. The van der Waals surface area contributed by atoms with Crippen LogP contribution in [0.1, 0.15) is 26.7 Å². The van der Waals surface area contributed by atoms with E-state index in [-0.39, 0.29) is 12.4 Å². The van der Waals surface area contributed by atoms with Crippen LogP contribution in [0.2, 0.25) is 0 Å². The molecule has 2 aliphatic rings. The Bertz CT molecular complexity index is 359. The normalized spacial score (nSPS) is 17.2. The third-order valence-corrected chi connectivity index (χ3v) is 10.1. The van der Waals surface area contributed by atoms with Crippen molar-refractivity contribution in [1.29, 1.82) is 0 Å². The van der Waals surface area contributed by atoms with E-state index in [9.17, 15) is 0 Å². The molecule has 0 heterocycles. The number of allylic oxidation sites excluding steroid dienone is 8. The van der Waals surface area contributed by atoms with Crippen LogP contribution in [0.15, 0.2) is 43.0 Å². The summed E-state index contributed by atoms with van der Waals surface area (Å²) >= 11 is -1.51. The van der Waals surface area contributed by atoms with Crippen LogP contribution in [-0.2, 0) is 21.3 Å². The molecule has 0 atom stereocenters. The first kappa shape index (κ1) is 13.1. The molecule has 0 aromatic heterocycles. The quantitative estimate of drug-likeness (QED) is 0.697.